The summed E-state index contributed by atoms with van der Waals surface area (Å²) in [5, 5.41) is 11.1. The number of nitrogens with one attached hydrogen (secondary N) is 2. The second-order valence-electron chi connectivity index (χ2n) is 7.01. The van der Waals surface area contributed by atoms with Crippen LogP contribution in [0.25, 0.3) is 0 Å². The average molecular weight is 245 g/mol. The Morgan fingerprint density at radius 1 is 1.22 bits per heavy atom. The van der Waals surface area contributed by atoms with Crippen molar-refractivity contribution in [3.05, 3.63) is 17.5 Å². The van der Waals surface area contributed by atoms with Crippen molar-refractivity contribution in [1.82, 2.24) is 15.5 Å². The van der Waals surface area contributed by atoms with Crippen LogP contribution in [0, 0.1) is 17.8 Å². The molecule has 0 aliphatic heterocycles. The van der Waals surface area contributed by atoms with Crippen molar-refractivity contribution in [1.29, 1.82) is 0 Å². The zero-order chi connectivity index (χ0) is 12.2. The lowest BCUT2D eigenvalue weighted by Crippen LogP contribution is -2.48. The summed E-state index contributed by atoms with van der Waals surface area (Å²) in [6.07, 6.45) is 8.74. The minimum Gasteiger partial charge on any atom is -0.314 e. The van der Waals surface area contributed by atoms with Crippen molar-refractivity contribution in [2.75, 3.05) is 7.05 Å². The van der Waals surface area contributed by atoms with Gasteiger partial charge in [-0.05, 0) is 69.4 Å². The lowest BCUT2D eigenvalue weighted by molar-refractivity contribution is -0.00722. The maximum atomic E-state index is 4.66. The predicted octanol–water partition coefficient (Wildman–Crippen LogP) is 2.60. The monoisotopic (exact) mass is 245 g/mol. The van der Waals surface area contributed by atoms with Crippen LogP contribution in [0.1, 0.15) is 49.9 Å². The van der Waals surface area contributed by atoms with Crippen molar-refractivity contribution in [3.8, 4) is 0 Å². The molecule has 3 nitrogen and oxygen atoms in total. The first kappa shape index (κ1) is 11.0. The molecule has 0 atom stereocenters. The highest BCUT2D eigenvalue weighted by Gasteiger charge is 2.52. The molecular weight excluding hydrogens is 222 g/mol. The van der Waals surface area contributed by atoms with Crippen LogP contribution in [-0.4, -0.2) is 17.2 Å². The van der Waals surface area contributed by atoms with E-state index in [9.17, 15) is 0 Å². The summed E-state index contributed by atoms with van der Waals surface area (Å²) < 4.78 is 0. The Hall–Kier alpha value is -0.830. The molecule has 4 aliphatic rings. The highest BCUT2D eigenvalue weighted by atomic mass is 15.1. The molecule has 1 aromatic heterocycles. The number of H-pyrrole nitrogens is 1. The highest BCUT2D eigenvalue weighted by Crippen LogP contribution is 2.60. The quantitative estimate of drug-likeness (QED) is 0.859. The largest absolute Gasteiger partial charge is 0.314 e. The molecule has 0 aromatic carbocycles. The van der Waals surface area contributed by atoms with Gasteiger partial charge in [-0.1, -0.05) is 0 Å². The summed E-state index contributed by atoms with van der Waals surface area (Å²) in [6.45, 7) is 0.902. The minimum atomic E-state index is 0.442. The Balaban J connectivity index is 1.66. The van der Waals surface area contributed by atoms with E-state index in [4.69, 9.17) is 0 Å². The number of aromatic amines is 1. The Morgan fingerprint density at radius 3 is 2.39 bits per heavy atom. The third-order valence-electron chi connectivity index (χ3n) is 5.58. The van der Waals surface area contributed by atoms with Crippen LogP contribution in [-0.2, 0) is 12.0 Å². The average Bonchev–Trinajstić information content (AvgIpc) is 2.77. The molecule has 0 spiro atoms. The molecule has 4 aliphatic carbocycles. The third-order valence-corrected chi connectivity index (χ3v) is 5.58. The van der Waals surface area contributed by atoms with Gasteiger partial charge in [0.15, 0.2) is 0 Å². The second kappa shape index (κ2) is 3.83. The number of rotatable bonds is 3. The molecule has 3 heteroatoms. The first-order valence-corrected chi connectivity index (χ1v) is 7.47. The zero-order valence-electron chi connectivity index (χ0n) is 11.2. The number of hydrogen-bond acceptors (Lipinski definition) is 2. The van der Waals surface area contributed by atoms with Gasteiger partial charge in [0.05, 0.1) is 5.69 Å². The Bertz CT molecular complexity index is 413. The first-order chi connectivity index (χ1) is 8.77. The van der Waals surface area contributed by atoms with Gasteiger partial charge in [0.2, 0.25) is 0 Å². The van der Waals surface area contributed by atoms with Crippen LogP contribution in [0.4, 0.5) is 0 Å². The molecule has 0 amide bonds. The fraction of sp³-hybridized carbons (Fsp3) is 0.800. The molecule has 4 saturated carbocycles. The van der Waals surface area contributed by atoms with Gasteiger partial charge in [-0.15, -0.1) is 0 Å². The summed E-state index contributed by atoms with van der Waals surface area (Å²) >= 11 is 0. The normalized spacial score (nSPS) is 41.5. The molecule has 4 bridgehead atoms. The lowest BCUT2D eigenvalue weighted by Gasteiger charge is -2.56. The molecule has 0 radical (unpaired) electrons. The van der Waals surface area contributed by atoms with Gasteiger partial charge in [-0.2, -0.15) is 5.10 Å². The van der Waals surface area contributed by atoms with E-state index in [0.717, 1.165) is 24.3 Å². The summed E-state index contributed by atoms with van der Waals surface area (Å²) in [5.41, 5.74) is 3.05. The summed E-state index contributed by atoms with van der Waals surface area (Å²) in [7, 11) is 1.99. The molecule has 18 heavy (non-hydrogen) atoms. The predicted molar refractivity (Wildman–Crippen MR) is 71.2 cm³/mol. The molecule has 98 valence electrons. The van der Waals surface area contributed by atoms with Crippen LogP contribution in [0.15, 0.2) is 6.07 Å². The molecule has 4 fully saturated rings. The van der Waals surface area contributed by atoms with Gasteiger partial charge in [0.25, 0.3) is 0 Å². The maximum Gasteiger partial charge on any atom is 0.0687 e. The van der Waals surface area contributed by atoms with Crippen molar-refractivity contribution in [2.45, 2.75) is 50.5 Å². The van der Waals surface area contributed by atoms with Gasteiger partial charge in [-0.25, -0.2) is 0 Å². The topological polar surface area (TPSA) is 40.7 Å². The molecule has 1 heterocycles. The molecule has 0 unspecified atom stereocenters. The van der Waals surface area contributed by atoms with Crippen molar-refractivity contribution < 1.29 is 0 Å². The number of nitrogens with zero attached hydrogens (tertiary/aromatic N) is 1. The third kappa shape index (κ3) is 1.56. The summed E-state index contributed by atoms with van der Waals surface area (Å²) in [4.78, 5) is 0. The Labute approximate surface area is 109 Å². The standard InChI is InChI=1S/C15H23N3/c1-16-9-13-5-14(18-17-13)15-6-10-2-11(7-15)4-12(3-10)8-15/h5,10-12,16H,2-4,6-9H2,1H3,(H,17,18). The summed E-state index contributed by atoms with van der Waals surface area (Å²) in [6, 6.07) is 2.32. The van der Waals surface area contributed by atoms with E-state index in [2.05, 4.69) is 21.6 Å². The van der Waals surface area contributed by atoms with E-state index >= 15 is 0 Å². The second-order valence-corrected chi connectivity index (χ2v) is 7.01. The van der Waals surface area contributed by atoms with E-state index in [1.54, 1.807) is 0 Å². The van der Waals surface area contributed by atoms with E-state index in [0.29, 0.717) is 5.41 Å². The number of aromatic nitrogens is 2. The lowest BCUT2D eigenvalue weighted by atomic mass is 9.49. The van der Waals surface area contributed by atoms with Crippen molar-refractivity contribution in [3.63, 3.8) is 0 Å². The SMILES string of the molecule is CNCc1cc(C23CC4CC(CC(C4)C2)C3)n[nH]1. The van der Waals surface area contributed by atoms with Gasteiger partial charge >= 0.3 is 0 Å². The van der Waals surface area contributed by atoms with E-state index in [1.165, 1.54) is 49.9 Å². The van der Waals surface area contributed by atoms with Gasteiger partial charge in [0.1, 0.15) is 0 Å². The zero-order valence-corrected chi connectivity index (χ0v) is 11.2. The van der Waals surface area contributed by atoms with Crippen molar-refractivity contribution >= 4 is 0 Å². The van der Waals surface area contributed by atoms with E-state index < -0.39 is 0 Å². The van der Waals surface area contributed by atoms with Crippen LogP contribution in [0.2, 0.25) is 0 Å². The van der Waals surface area contributed by atoms with Crippen LogP contribution in [0.5, 0.6) is 0 Å². The van der Waals surface area contributed by atoms with Crippen LogP contribution < -0.4 is 5.32 Å². The highest BCUT2D eigenvalue weighted by molar-refractivity contribution is 5.24. The molecule has 1 aromatic rings. The van der Waals surface area contributed by atoms with Gasteiger partial charge < -0.3 is 5.32 Å². The van der Waals surface area contributed by atoms with Gasteiger partial charge in [-0.3, -0.25) is 5.10 Å². The van der Waals surface area contributed by atoms with E-state index in [-0.39, 0.29) is 0 Å². The Kier molecular flexibility index (Phi) is 2.35. The molecular formula is C15H23N3. The Morgan fingerprint density at radius 2 is 1.83 bits per heavy atom. The molecule has 0 saturated heterocycles. The number of hydrogen-bond donors (Lipinski definition) is 2. The summed E-state index contributed by atoms with van der Waals surface area (Å²) in [5.74, 6) is 3.00. The van der Waals surface area contributed by atoms with Crippen molar-refractivity contribution in [2.24, 2.45) is 17.8 Å². The van der Waals surface area contributed by atoms with Gasteiger partial charge in [0, 0.05) is 17.7 Å². The van der Waals surface area contributed by atoms with E-state index in [1.807, 2.05) is 7.05 Å². The molecule has 2 N–H and O–H groups in total. The van der Waals surface area contributed by atoms with Crippen LogP contribution in [0.3, 0.4) is 0 Å². The fourth-order valence-electron chi connectivity index (χ4n) is 5.34. The maximum absolute atomic E-state index is 4.66. The van der Waals surface area contributed by atoms with Crippen LogP contribution >= 0.6 is 0 Å². The first-order valence-electron chi connectivity index (χ1n) is 7.47. The molecule has 5 rings (SSSR count). The minimum absolute atomic E-state index is 0.442. The smallest absolute Gasteiger partial charge is 0.0687 e. The fourth-order valence-corrected chi connectivity index (χ4v) is 5.34.